The van der Waals surface area contributed by atoms with Crippen LogP contribution in [0.5, 0.6) is 5.75 Å². The van der Waals surface area contributed by atoms with E-state index in [-0.39, 0.29) is 29.4 Å². The van der Waals surface area contributed by atoms with Crippen LogP contribution in [0.15, 0.2) is 30.4 Å². The van der Waals surface area contributed by atoms with Gasteiger partial charge >= 0.3 is 0 Å². The molecule has 1 aliphatic carbocycles. The predicted octanol–water partition coefficient (Wildman–Crippen LogP) is 2.16. The van der Waals surface area contributed by atoms with E-state index in [9.17, 15) is 14.7 Å². The molecule has 1 N–H and O–H groups in total. The van der Waals surface area contributed by atoms with Gasteiger partial charge in [0.25, 0.3) is 0 Å². The second-order valence-corrected chi connectivity index (χ2v) is 5.14. The summed E-state index contributed by atoms with van der Waals surface area (Å²) in [7, 11) is 0. The van der Waals surface area contributed by atoms with Crippen LogP contribution in [-0.4, -0.2) is 16.9 Å². The highest BCUT2D eigenvalue weighted by Crippen LogP contribution is 2.39. The molecule has 1 fully saturated rings. The third-order valence-electron chi connectivity index (χ3n) is 3.93. The number of hydrogen-bond donors (Lipinski definition) is 1. The maximum absolute atomic E-state index is 12.4. The lowest BCUT2D eigenvalue weighted by Crippen LogP contribution is -2.31. The minimum Gasteiger partial charge on any atom is -0.508 e. The van der Waals surface area contributed by atoms with Crippen LogP contribution in [0.25, 0.3) is 0 Å². The lowest BCUT2D eigenvalue weighted by molar-refractivity contribution is -0.122. The number of carbonyl (C=O) groups is 2. The Morgan fingerprint density at radius 3 is 2.21 bits per heavy atom. The number of amides is 2. The van der Waals surface area contributed by atoms with Crippen LogP contribution in [0, 0.1) is 18.8 Å². The van der Waals surface area contributed by atoms with Crippen LogP contribution in [0.2, 0.25) is 0 Å². The van der Waals surface area contributed by atoms with Gasteiger partial charge in [-0.05, 0) is 43.5 Å². The molecule has 1 aromatic carbocycles. The zero-order chi connectivity index (χ0) is 13.6. The molecule has 0 radical (unpaired) electrons. The Morgan fingerprint density at radius 2 is 1.68 bits per heavy atom. The quantitative estimate of drug-likeness (QED) is 0.619. The van der Waals surface area contributed by atoms with Gasteiger partial charge in [-0.3, -0.25) is 9.59 Å². The van der Waals surface area contributed by atoms with Crippen molar-refractivity contribution < 1.29 is 14.7 Å². The van der Waals surface area contributed by atoms with Crippen molar-refractivity contribution in [3.63, 3.8) is 0 Å². The number of hydrogen-bond acceptors (Lipinski definition) is 3. The van der Waals surface area contributed by atoms with Gasteiger partial charge < -0.3 is 5.11 Å². The molecular formula is C15H15NO3. The fourth-order valence-corrected chi connectivity index (χ4v) is 2.93. The molecule has 2 aliphatic rings. The smallest absolute Gasteiger partial charge is 0.238 e. The third kappa shape index (κ3) is 1.75. The van der Waals surface area contributed by atoms with Crippen molar-refractivity contribution in [3.05, 3.63) is 35.9 Å². The summed E-state index contributed by atoms with van der Waals surface area (Å²) in [6.07, 6.45) is 5.23. The molecule has 0 bridgehead atoms. The number of phenolic OH excluding ortho intramolecular Hbond substituents is 1. The monoisotopic (exact) mass is 257 g/mol. The van der Waals surface area contributed by atoms with Crippen molar-refractivity contribution in [2.45, 2.75) is 19.8 Å². The topological polar surface area (TPSA) is 57.6 Å². The van der Waals surface area contributed by atoms with E-state index in [0.29, 0.717) is 18.5 Å². The Balaban J connectivity index is 2.02. The largest absolute Gasteiger partial charge is 0.508 e. The van der Waals surface area contributed by atoms with Gasteiger partial charge in [0.15, 0.2) is 0 Å². The lowest BCUT2D eigenvalue weighted by atomic mass is 9.85. The summed E-state index contributed by atoms with van der Waals surface area (Å²) in [6.45, 7) is 1.79. The SMILES string of the molecule is Cc1cc(O)ccc1N1C(=O)[C@H]2CC=CC[C@H]2C1=O. The van der Waals surface area contributed by atoms with E-state index in [1.54, 1.807) is 19.1 Å². The molecule has 1 aliphatic heterocycles. The number of aromatic hydroxyl groups is 1. The molecule has 0 saturated carbocycles. The van der Waals surface area contributed by atoms with Crippen molar-refractivity contribution in [1.29, 1.82) is 0 Å². The molecule has 98 valence electrons. The third-order valence-corrected chi connectivity index (χ3v) is 3.93. The molecule has 0 aromatic heterocycles. The molecule has 3 rings (SSSR count). The zero-order valence-corrected chi connectivity index (χ0v) is 10.7. The summed E-state index contributed by atoms with van der Waals surface area (Å²) in [4.78, 5) is 26.1. The van der Waals surface area contributed by atoms with Gasteiger partial charge in [-0.25, -0.2) is 4.90 Å². The molecule has 1 heterocycles. The number of fused-ring (bicyclic) bond motifs is 1. The molecule has 0 unspecified atom stereocenters. The van der Waals surface area contributed by atoms with E-state index in [2.05, 4.69) is 0 Å². The maximum atomic E-state index is 12.4. The average Bonchev–Trinajstić information content (AvgIpc) is 2.64. The number of nitrogens with zero attached hydrogens (tertiary/aromatic N) is 1. The molecule has 2 amide bonds. The lowest BCUT2D eigenvalue weighted by Gasteiger charge is -2.17. The Morgan fingerprint density at radius 1 is 1.11 bits per heavy atom. The highest BCUT2D eigenvalue weighted by molar-refractivity contribution is 6.22. The number of carbonyl (C=O) groups excluding carboxylic acids is 2. The predicted molar refractivity (Wildman–Crippen MR) is 70.7 cm³/mol. The Kier molecular flexibility index (Phi) is 2.66. The highest BCUT2D eigenvalue weighted by Gasteiger charge is 2.48. The number of anilines is 1. The summed E-state index contributed by atoms with van der Waals surface area (Å²) in [5, 5.41) is 9.42. The Bertz CT molecular complexity index is 565. The van der Waals surface area contributed by atoms with Gasteiger partial charge in [-0.2, -0.15) is 0 Å². The molecule has 4 nitrogen and oxygen atoms in total. The van der Waals surface area contributed by atoms with Gasteiger partial charge in [-0.15, -0.1) is 0 Å². The van der Waals surface area contributed by atoms with Crippen LogP contribution in [0.3, 0.4) is 0 Å². The Hall–Kier alpha value is -2.10. The number of phenols is 1. The number of imide groups is 1. The number of aryl methyl sites for hydroxylation is 1. The summed E-state index contributed by atoms with van der Waals surface area (Å²) in [5.41, 5.74) is 1.32. The van der Waals surface area contributed by atoms with E-state index in [4.69, 9.17) is 0 Å². The van der Waals surface area contributed by atoms with Crippen LogP contribution in [-0.2, 0) is 9.59 Å². The first kappa shape index (κ1) is 12.0. The summed E-state index contributed by atoms with van der Waals surface area (Å²) < 4.78 is 0. The molecular weight excluding hydrogens is 242 g/mol. The molecule has 1 saturated heterocycles. The van der Waals surface area contributed by atoms with Crippen molar-refractivity contribution >= 4 is 17.5 Å². The normalized spacial score (nSPS) is 25.8. The van der Waals surface area contributed by atoms with Crippen LogP contribution < -0.4 is 4.90 Å². The first-order valence-corrected chi connectivity index (χ1v) is 6.42. The van der Waals surface area contributed by atoms with E-state index in [0.717, 1.165) is 5.56 Å². The summed E-state index contributed by atoms with van der Waals surface area (Å²) in [6, 6.07) is 4.70. The van der Waals surface area contributed by atoms with Gasteiger partial charge in [0.05, 0.1) is 17.5 Å². The summed E-state index contributed by atoms with van der Waals surface area (Å²) >= 11 is 0. The molecule has 4 heteroatoms. The van der Waals surface area contributed by atoms with Gasteiger partial charge in [0, 0.05) is 0 Å². The fraction of sp³-hybridized carbons (Fsp3) is 0.333. The van der Waals surface area contributed by atoms with Crippen molar-refractivity contribution in [1.82, 2.24) is 0 Å². The van der Waals surface area contributed by atoms with Crippen LogP contribution >= 0.6 is 0 Å². The zero-order valence-electron chi connectivity index (χ0n) is 10.7. The van der Waals surface area contributed by atoms with Crippen molar-refractivity contribution in [2.24, 2.45) is 11.8 Å². The van der Waals surface area contributed by atoms with Crippen molar-refractivity contribution in [3.8, 4) is 5.75 Å². The van der Waals surface area contributed by atoms with Gasteiger partial charge in [-0.1, -0.05) is 12.2 Å². The average molecular weight is 257 g/mol. The second kappa shape index (κ2) is 4.23. The molecule has 1 aromatic rings. The summed E-state index contributed by atoms with van der Waals surface area (Å²) in [5.74, 6) is -0.530. The second-order valence-electron chi connectivity index (χ2n) is 5.14. The molecule has 19 heavy (non-hydrogen) atoms. The minimum absolute atomic E-state index is 0.117. The number of rotatable bonds is 1. The van der Waals surface area contributed by atoms with E-state index in [1.807, 2.05) is 12.2 Å². The van der Waals surface area contributed by atoms with E-state index < -0.39 is 0 Å². The van der Waals surface area contributed by atoms with E-state index >= 15 is 0 Å². The number of benzene rings is 1. The van der Waals surface area contributed by atoms with Gasteiger partial charge in [0.1, 0.15) is 5.75 Å². The maximum Gasteiger partial charge on any atom is 0.238 e. The van der Waals surface area contributed by atoms with Crippen LogP contribution in [0.4, 0.5) is 5.69 Å². The first-order valence-electron chi connectivity index (χ1n) is 6.42. The standard InChI is InChI=1S/C15H15NO3/c1-9-8-10(17)6-7-13(9)16-14(18)11-4-2-3-5-12(11)15(16)19/h2-3,6-8,11-12,17H,4-5H2,1H3/t11-,12+. The van der Waals surface area contributed by atoms with E-state index in [1.165, 1.54) is 11.0 Å². The highest BCUT2D eigenvalue weighted by atomic mass is 16.3. The number of allylic oxidation sites excluding steroid dienone is 2. The Labute approximate surface area is 111 Å². The molecule has 0 spiro atoms. The van der Waals surface area contributed by atoms with Crippen molar-refractivity contribution in [2.75, 3.05) is 4.90 Å². The molecule has 2 atom stereocenters. The van der Waals surface area contributed by atoms with Crippen LogP contribution in [0.1, 0.15) is 18.4 Å². The van der Waals surface area contributed by atoms with Gasteiger partial charge in [0.2, 0.25) is 11.8 Å². The first-order chi connectivity index (χ1) is 9.09. The fourth-order valence-electron chi connectivity index (χ4n) is 2.93. The minimum atomic E-state index is -0.217.